The molecular weight excluding hydrogens is 330 g/mol. The number of methoxy groups -OCH3 is 1. The molecule has 1 saturated heterocycles. The van der Waals surface area contributed by atoms with Crippen LogP contribution in [0.5, 0.6) is 0 Å². The van der Waals surface area contributed by atoms with Crippen LogP contribution in [0.2, 0.25) is 0 Å². The van der Waals surface area contributed by atoms with Crippen molar-refractivity contribution in [3.8, 4) is 0 Å². The number of hydrogen-bond acceptors (Lipinski definition) is 5. The number of rotatable bonds is 3. The van der Waals surface area contributed by atoms with Crippen LogP contribution in [0.15, 0.2) is 47.4 Å². The fourth-order valence-electron chi connectivity index (χ4n) is 2.35. The van der Waals surface area contributed by atoms with Crippen LogP contribution in [-0.4, -0.2) is 34.8 Å². The second-order valence-corrected chi connectivity index (χ2v) is 6.59. The van der Waals surface area contributed by atoms with E-state index in [1.807, 2.05) is 48.5 Å². The minimum atomic E-state index is -0.493. The SMILES string of the molecule is COC(=O)CN1C(=O)/C(=C/c2cccc3ccccc23)SC1=S. The fraction of sp³-hybridized carbons (Fsp3) is 0.118. The third kappa shape index (κ3) is 3.13. The number of benzene rings is 2. The minimum Gasteiger partial charge on any atom is -0.468 e. The van der Waals surface area contributed by atoms with Crippen LogP contribution in [-0.2, 0) is 14.3 Å². The molecule has 0 radical (unpaired) electrons. The summed E-state index contributed by atoms with van der Waals surface area (Å²) in [6, 6.07) is 13.9. The van der Waals surface area contributed by atoms with Crippen LogP contribution >= 0.6 is 24.0 Å². The van der Waals surface area contributed by atoms with E-state index in [-0.39, 0.29) is 12.5 Å². The zero-order valence-electron chi connectivity index (χ0n) is 12.3. The maximum atomic E-state index is 12.4. The van der Waals surface area contributed by atoms with Crippen LogP contribution in [0.25, 0.3) is 16.8 Å². The second kappa shape index (κ2) is 6.52. The van der Waals surface area contributed by atoms with Gasteiger partial charge in [0.1, 0.15) is 10.9 Å². The summed E-state index contributed by atoms with van der Waals surface area (Å²) in [5.41, 5.74) is 0.946. The van der Waals surface area contributed by atoms with Crippen molar-refractivity contribution in [1.82, 2.24) is 4.90 Å². The van der Waals surface area contributed by atoms with E-state index >= 15 is 0 Å². The third-order valence-electron chi connectivity index (χ3n) is 3.50. The first-order valence-electron chi connectivity index (χ1n) is 6.90. The van der Waals surface area contributed by atoms with Crippen molar-refractivity contribution in [3.05, 3.63) is 52.9 Å². The van der Waals surface area contributed by atoms with E-state index in [1.165, 1.54) is 23.8 Å². The number of nitrogens with zero attached hydrogens (tertiary/aromatic N) is 1. The molecule has 1 aliphatic heterocycles. The van der Waals surface area contributed by atoms with Gasteiger partial charge in [0.2, 0.25) is 0 Å². The topological polar surface area (TPSA) is 46.6 Å². The van der Waals surface area contributed by atoms with Crippen LogP contribution in [0.3, 0.4) is 0 Å². The van der Waals surface area contributed by atoms with Gasteiger partial charge in [-0.05, 0) is 22.4 Å². The summed E-state index contributed by atoms with van der Waals surface area (Å²) in [7, 11) is 1.28. The lowest BCUT2D eigenvalue weighted by molar-refractivity contribution is -0.143. The van der Waals surface area contributed by atoms with Gasteiger partial charge in [-0.25, -0.2) is 0 Å². The van der Waals surface area contributed by atoms with Crippen molar-refractivity contribution in [2.45, 2.75) is 0 Å². The highest BCUT2D eigenvalue weighted by molar-refractivity contribution is 8.26. The van der Waals surface area contributed by atoms with Crippen molar-refractivity contribution in [2.24, 2.45) is 0 Å². The molecule has 3 rings (SSSR count). The van der Waals surface area contributed by atoms with E-state index in [4.69, 9.17) is 12.2 Å². The van der Waals surface area contributed by atoms with E-state index in [0.29, 0.717) is 9.23 Å². The predicted molar refractivity (Wildman–Crippen MR) is 95.8 cm³/mol. The molecule has 23 heavy (non-hydrogen) atoms. The number of fused-ring (bicyclic) bond motifs is 1. The highest BCUT2D eigenvalue weighted by atomic mass is 32.2. The number of thioether (sulfide) groups is 1. The first-order chi connectivity index (χ1) is 11.1. The maximum absolute atomic E-state index is 12.4. The summed E-state index contributed by atoms with van der Waals surface area (Å²) in [6.45, 7) is -0.159. The summed E-state index contributed by atoms with van der Waals surface area (Å²) >= 11 is 6.39. The number of thiocarbonyl (C=S) groups is 1. The Hall–Kier alpha value is -2.18. The Balaban J connectivity index is 1.95. The molecule has 0 bridgehead atoms. The predicted octanol–water partition coefficient (Wildman–Crippen LogP) is 3.21. The van der Waals surface area contributed by atoms with Crippen LogP contribution in [0.1, 0.15) is 5.56 Å². The normalized spacial score (nSPS) is 16.4. The molecule has 1 heterocycles. The van der Waals surface area contributed by atoms with Crippen molar-refractivity contribution in [1.29, 1.82) is 0 Å². The van der Waals surface area contributed by atoms with Gasteiger partial charge in [-0.15, -0.1) is 0 Å². The van der Waals surface area contributed by atoms with Crippen LogP contribution in [0.4, 0.5) is 0 Å². The summed E-state index contributed by atoms with van der Waals surface area (Å²) in [4.78, 5) is 25.6. The number of amides is 1. The molecular formula is C17H13NO3S2. The highest BCUT2D eigenvalue weighted by Gasteiger charge is 2.33. The Labute approximate surface area is 143 Å². The maximum Gasteiger partial charge on any atom is 0.325 e. The molecule has 0 saturated carbocycles. The monoisotopic (exact) mass is 343 g/mol. The van der Waals surface area contributed by atoms with E-state index in [9.17, 15) is 9.59 Å². The molecule has 0 spiro atoms. The van der Waals surface area contributed by atoms with Gasteiger partial charge < -0.3 is 4.74 Å². The van der Waals surface area contributed by atoms with Crippen molar-refractivity contribution < 1.29 is 14.3 Å². The molecule has 6 heteroatoms. The molecule has 1 aliphatic rings. The Bertz CT molecular complexity index is 839. The Morgan fingerprint density at radius 2 is 2.00 bits per heavy atom. The van der Waals surface area contributed by atoms with Crippen molar-refractivity contribution in [3.63, 3.8) is 0 Å². The molecule has 2 aromatic carbocycles. The van der Waals surface area contributed by atoms with Gasteiger partial charge >= 0.3 is 5.97 Å². The lowest BCUT2D eigenvalue weighted by Crippen LogP contribution is -2.33. The van der Waals surface area contributed by atoms with Gasteiger partial charge in [0.15, 0.2) is 0 Å². The smallest absolute Gasteiger partial charge is 0.325 e. The standard InChI is InChI=1S/C17H13NO3S2/c1-21-15(19)10-18-16(20)14(23-17(18)22)9-12-7-4-6-11-5-2-3-8-13(11)12/h2-9H,10H2,1H3/b14-9-. The molecule has 0 aromatic heterocycles. The summed E-state index contributed by atoms with van der Waals surface area (Å²) in [5, 5.41) is 2.17. The molecule has 0 unspecified atom stereocenters. The van der Waals surface area contributed by atoms with Crippen LogP contribution < -0.4 is 0 Å². The summed E-state index contributed by atoms with van der Waals surface area (Å²) in [5.74, 6) is -0.758. The van der Waals surface area contributed by atoms with Crippen LogP contribution in [0, 0.1) is 0 Å². The molecule has 1 fully saturated rings. The van der Waals surface area contributed by atoms with E-state index in [0.717, 1.165) is 16.3 Å². The lowest BCUT2D eigenvalue weighted by Gasteiger charge is -2.11. The van der Waals surface area contributed by atoms with E-state index in [1.54, 1.807) is 0 Å². The second-order valence-electron chi connectivity index (χ2n) is 4.91. The Kier molecular flexibility index (Phi) is 4.45. The number of carbonyl (C=O) groups excluding carboxylic acids is 2. The van der Waals surface area contributed by atoms with Crippen molar-refractivity contribution >= 4 is 57.0 Å². The molecule has 0 atom stereocenters. The Morgan fingerprint density at radius 1 is 1.26 bits per heavy atom. The third-order valence-corrected chi connectivity index (χ3v) is 4.88. The van der Waals surface area contributed by atoms with Gasteiger partial charge in [0.25, 0.3) is 5.91 Å². The largest absolute Gasteiger partial charge is 0.468 e. The van der Waals surface area contributed by atoms with Crippen molar-refractivity contribution in [2.75, 3.05) is 13.7 Å². The molecule has 4 nitrogen and oxygen atoms in total. The number of hydrogen-bond donors (Lipinski definition) is 0. The number of ether oxygens (including phenoxy) is 1. The highest BCUT2D eigenvalue weighted by Crippen LogP contribution is 2.33. The van der Waals surface area contributed by atoms with Gasteiger partial charge in [0, 0.05) is 0 Å². The van der Waals surface area contributed by atoms with Gasteiger partial charge in [0.05, 0.1) is 12.0 Å². The number of esters is 1. The zero-order valence-corrected chi connectivity index (χ0v) is 13.9. The van der Waals surface area contributed by atoms with Gasteiger partial charge in [-0.3, -0.25) is 14.5 Å². The van der Waals surface area contributed by atoms with Gasteiger partial charge in [-0.1, -0.05) is 66.4 Å². The average Bonchev–Trinajstić information content (AvgIpc) is 2.82. The zero-order chi connectivity index (χ0) is 16.4. The summed E-state index contributed by atoms with van der Waals surface area (Å²) < 4.78 is 4.97. The minimum absolute atomic E-state index is 0.159. The average molecular weight is 343 g/mol. The molecule has 116 valence electrons. The van der Waals surface area contributed by atoms with E-state index < -0.39 is 5.97 Å². The number of carbonyl (C=O) groups is 2. The molecule has 2 aromatic rings. The lowest BCUT2D eigenvalue weighted by atomic mass is 10.0. The molecule has 1 amide bonds. The Morgan fingerprint density at radius 3 is 2.78 bits per heavy atom. The molecule has 0 N–H and O–H groups in total. The quantitative estimate of drug-likeness (QED) is 0.486. The first-order valence-corrected chi connectivity index (χ1v) is 8.12. The van der Waals surface area contributed by atoms with Gasteiger partial charge in [-0.2, -0.15) is 0 Å². The molecule has 0 aliphatic carbocycles. The summed E-state index contributed by atoms with van der Waals surface area (Å²) in [6.07, 6.45) is 1.82. The van der Waals surface area contributed by atoms with E-state index in [2.05, 4.69) is 4.74 Å². The first kappa shape index (κ1) is 15.7. The fourth-order valence-corrected chi connectivity index (χ4v) is 3.59.